The minimum absolute atomic E-state index is 0.0423. The molecule has 2 N–H and O–H groups in total. The Morgan fingerprint density at radius 1 is 1.03 bits per heavy atom. The summed E-state index contributed by atoms with van der Waals surface area (Å²) in [6, 6.07) is 4.47. The maximum Gasteiger partial charge on any atom is 0.256 e. The van der Waals surface area contributed by atoms with E-state index in [1.54, 1.807) is 12.1 Å². The van der Waals surface area contributed by atoms with Gasteiger partial charge in [-0.2, -0.15) is 0 Å². The molecule has 168 valence electrons. The minimum Gasteiger partial charge on any atom is -0.352 e. The third-order valence-electron chi connectivity index (χ3n) is 5.10. The molecule has 30 heavy (non-hydrogen) atoms. The Bertz CT molecular complexity index is 1110. The SMILES string of the molecule is CC(=O)NCc1ccc(S(=O)(=O)N(N[C@H]2CCS(=O)(=O)C2)[C@@H]2CCS(=O)(=O)C2)cc1. The summed E-state index contributed by atoms with van der Waals surface area (Å²) in [7, 11) is -10.8. The fraction of sp³-hybridized carbons (Fsp3) is 0.588. The molecule has 1 aromatic rings. The number of hydrazine groups is 1. The van der Waals surface area contributed by atoms with Gasteiger partial charge in [-0.05, 0) is 30.5 Å². The van der Waals surface area contributed by atoms with Gasteiger partial charge in [-0.1, -0.05) is 12.1 Å². The molecule has 1 aromatic carbocycles. The van der Waals surface area contributed by atoms with Crippen LogP contribution in [-0.2, 0) is 41.0 Å². The maximum atomic E-state index is 13.3. The summed E-state index contributed by atoms with van der Waals surface area (Å²) in [5.74, 6) is -0.896. The average molecular weight is 480 g/mol. The number of carbonyl (C=O) groups excluding carboxylic acids is 1. The van der Waals surface area contributed by atoms with Crippen molar-refractivity contribution in [1.82, 2.24) is 15.2 Å². The number of sulfonamides is 1. The van der Waals surface area contributed by atoms with Gasteiger partial charge in [0.05, 0.1) is 33.9 Å². The van der Waals surface area contributed by atoms with Crippen molar-refractivity contribution in [2.75, 3.05) is 23.0 Å². The van der Waals surface area contributed by atoms with Crippen molar-refractivity contribution < 1.29 is 30.0 Å². The van der Waals surface area contributed by atoms with Crippen LogP contribution in [0.5, 0.6) is 0 Å². The second-order valence-corrected chi connectivity index (χ2v) is 13.9. The predicted octanol–water partition coefficient (Wildman–Crippen LogP) is -0.808. The topological polar surface area (TPSA) is 147 Å². The summed E-state index contributed by atoms with van der Waals surface area (Å²) in [6.07, 6.45) is 0.387. The van der Waals surface area contributed by atoms with Crippen molar-refractivity contribution in [3.63, 3.8) is 0 Å². The molecule has 1 amide bonds. The Kier molecular flexibility index (Phi) is 6.58. The van der Waals surface area contributed by atoms with Crippen LogP contribution in [0.25, 0.3) is 0 Å². The van der Waals surface area contributed by atoms with Crippen LogP contribution in [0.3, 0.4) is 0 Å². The summed E-state index contributed by atoms with van der Waals surface area (Å²) in [5.41, 5.74) is 3.49. The van der Waals surface area contributed by atoms with Gasteiger partial charge in [0.1, 0.15) is 0 Å². The first-order valence-electron chi connectivity index (χ1n) is 9.43. The summed E-state index contributed by atoms with van der Waals surface area (Å²) in [5, 5.41) is 2.62. The molecule has 2 heterocycles. The number of nitrogens with one attached hydrogen (secondary N) is 2. The summed E-state index contributed by atoms with van der Waals surface area (Å²) in [4.78, 5) is 11.0. The molecule has 2 aliphatic heterocycles. The van der Waals surface area contributed by atoms with Gasteiger partial charge < -0.3 is 5.32 Å². The van der Waals surface area contributed by atoms with Crippen LogP contribution >= 0.6 is 0 Å². The van der Waals surface area contributed by atoms with E-state index in [-0.39, 0.29) is 53.2 Å². The van der Waals surface area contributed by atoms with Gasteiger partial charge in [-0.3, -0.25) is 4.79 Å². The smallest absolute Gasteiger partial charge is 0.256 e. The van der Waals surface area contributed by atoms with Gasteiger partial charge in [0.2, 0.25) is 5.91 Å². The Labute approximate surface area is 176 Å². The van der Waals surface area contributed by atoms with Gasteiger partial charge in [-0.25, -0.2) is 30.7 Å². The standard InChI is InChI=1S/C17H25N3O7S3/c1-13(21)18-10-14-2-4-17(5-3-14)30(26,27)20(16-7-9-29(24,25)12-16)19-15-6-8-28(22,23)11-15/h2-5,15-16,19H,6-12H2,1H3,(H,18,21)/t15-,16+/m0/s1. The molecule has 2 atom stereocenters. The van der Waals surface area contributed by atoms with E-state index in [0.717, 1.165) is 4.41 Å². The van der Waals surface area contributed by atoms with Crippen molar-refractivity contribution >= 4 is 35.6 Å². The third-order valence-corrected chi connectivity index (χ3v) is 10.4. The van der Waals surface area contributed by atoms with Crippen molar-refractivity contribution in [2.45, 2.75) is 43.3 Å². The molecular formula is C17H25N3O7S3. The molecule has 0 bridgehead atoms. The summed E-state index contributed by atoms with van der Waals surface area (Å²) < 4.78 is 75.0. The summed E-state index contributed by atoms with van der Waals surface area (Å²) >= 11 is 0. The monoisotopic (exact) mass is 479 g/mol. The molecule has 0 spiro atoms. The quantitative estimate of drug-likeness (QED) is 0.483. The first kappa shape index (κ1) is 23.1. The zero-order valence-corrected chi connectivity index (χ0v) is 18.9. The molecule has 2 saturated heterocycles. The van der Waals surface area contributed by atoms with Crippen molar-refractivity contribution in [3.8, 4) is 0 Å². The average Bonchev–Trinajstić information content (AvgIpc) is 3.18. The van der Waals surface area contributed by atoms with E-state index in [4.69, 9.17) is 0 Å². The second kappa shape index (κ2) is 8.54. The lowest BCUT2D eigenvalue weighted by Gasteiger charge is -2.30. The number of sulfone groups is 2. The van der Waals surface area contributed by atoms with Crippen molar-refractivity contribution in [2.24, 2.45) is 0 Å². The van der Waals surface area contributed by atoms with Crippen molar-refractivity contribution in [3.05, 3.63) is 29.8 Å². The number of benzene rings is 1. The molecule has 0 aromatic heterocycles. The molecule has 0 aliphatic carbocycles. The molecule has 13 heteroatoms. The van der Waals surface area contributed by atoms with Crippen molar-refractivity contribution in [1.29, 1.82) is 0 Å². The van der Waals surface area contributed by atoms with Crippen LogP contribution in [0, 0.1) is 0 Å². The number of rotatable bonds is 7. The highest BCUT2D eigenvalue weighted by Crippen LogP contribution is 2.25. The first-order valence-corrected chi connectivity index (χ1v) is 14.5. The van der Waals surface area contributed by atoms with Crippen LogP contribution in [0.2, 0.25) is 0 Å². The Morgan fingerprint density at radius 2 is 1.63 bits per heavy atom. The third kappa shape index (κ3) is 5.58. The fourth-order valence-corrected chi connectivity index (χ4v) is 8.55. The highest BCUT2D eigenvalue weighted by molar-refractivity contribution is 7.92. The Balaban J connectivity index is 1.86. The lowest BCUT2D eigenvalue weighted by Crippen LogP contribution is -2.54. The predicted molar refractivity (Wildman–Crippen MR) is 110 cm³/mol. The Hall–Kier alpha value is -1.54. The molecular weight excluding hydrogens is 454 g/mol. The summed E-state index contributed by atoms with van der Waals surface area (Å²) in [6.45, 7) is 1.62. The van der Waals surface area contributed by atoms with E-state index in [0.29, 0.717) is 5.56 Å². The maximum absolute atomic E-state index is 13.3. The largest absolute Gasteiger partial charge is 0.352 e. The van der Waals surface area contributed by atoms with E-state index in [2.05, 4.69) is 10.7 Å². The normalized spacial score (nSPS) is 25.4. The number of nitrogens with zero attached hydrogens (tertiary/aromatic N) is 1. The van der Waals surface area contributed by atoms with Crippen LogP contribution < -0.4 is 10.7 Å². The molecule has 0 radical (unpaired) electrons. The van der Waals surface area contributed by atoms with Crippen LogP contribution in [0.15, 0.2) is 29.2 Å². The lowest BCUT2D eigenvalue weighted by molar-refractivity contribution is -0.119. The van der Waals surface area contributed by atoms with E-state index < -0.39 is 41.8 Å². The molecule has 0 saturated carbocycles. The van der Waals surface area contributed by atoms with Crippen LogP contribution in [-0.4, -0.2) is 70.7 Å². The van der Waals surface area contributed by atoms with Gasteiger partial charge >= 0.3 is 0 Å². The highest BCUT2D eigenvalue weighted by atomic mass is 32.2. The molecule has 2 aliphatic rings. The van der Waals surface area contributed by atoms with Crippen LogP contribution in [0.1, 0.15) is 25.3 Å². The van der Waals surface area contributed by atoms with Gasteiger partial charge in [0, 0.05) is 19.5 Å². The number of hydrogen-bond acceptors (Lipinski definition) is 8. The fourth-order valence-electron chi connectivity index (χ4n) is 3.53. The zero-order chi connectivity index (χ0) is 22.2. The van der Waals surface area contributed by atoms with Crippen LogP contribution in [0.4, 0.5) is 0 Å². The van der Waals surface area contributed by atoms with E-state index in [1.807, 2.05) is 0 Å². The van der Waals surface area contributed by atoms with E-state index >= 15 is 0 Å². The molecule has 3 rings (SSSR count). The molecule has 10 nitrogen and oxygen atoms in total. The van der Waals surface area contributed by atoms with Gasteiger partial charge in [0.25, 0.3) is 10.0 Å². The number of carbonyl (C=O) groups is 1. The highest BCUT2D eigenvalue weighted by Gasteiger charge is 2.41. The number of amides is 1. The molecule has 2 fully saturated rings. The molecule has 0 unspecified atom stereocenters. The van der Waals surface area contributed by atoms with Gasteiger partial charge in [0.15, 0.2) is 19.7 Å². The Morgan fingerprint density at radius 3 is 2.13 bits per heavy atom. The van der Waals surface area contributed by atoms with E-state index in [9.17, 15) is 30.0 Å². The lowest BCUT2D eigenvalue weighted by atomic mass is 10.2. The first-order chi connectivity index (χ1) is 13.9. The zero-order valence-electron chi connectivity index (χ0n) is 16.4. The second-order valence-electron chi connectivity index (χ2n) is 7.64. The van der Waals surface area contributed by atoms with E-state index in [1.165, 1.54) is 19.1 Å². The minimum atomic E-state index is -4.13. The number of hydrogen-bond donors (Lipinski definition) is 2. The van der Waals surface area contributed by atoms with Gasteiger partial charge in [-0.15, -0.1) is 4.41 Å².